The number of benzene rings is 4. The minimum absolute atomic E-state index is 0.0224. The Morgan fingerprint density at radius 1 is 0.700 bits per heavy atom. The zero-order chi connectivity index (χ0) is 28.1. The summed E-state index contributed by atoms with van der Waals surface area (Å²) in [6.45, 7) is 1.57. The molecule has 1 saturated heterocycles. The summed E-state index contributed by atoms with van der Waals surface area (Å²) >= 11 is 0. The van der Waals surface area contributed by atoms with Gasteiger partial charge in [0.2, 0.25) is 5.91 Å². The van der Waals surface area contributed by atoms with Crippen molar-refractivity contribution in [3.05, 3.63) is 132 Å². The highest BCUT2D eigenvalue weighted by Crippen LogP contribution is 2.30. The molecule has 1 aliphatic rings. The Morgan fingerprint density at radius 3 is 1.68 bits per heavy atom. The number of hydrogen-bond acceptors (Lipinski definition) is 4. The average Bonchev–Trinajstić information content (AvgIpc) is 2.98. The molecule has 0 bridgehead atoms. The van der Waals surface area contributed by atoms with Gasteiger partial charge in [-0.05, 0) is 59.7 Å². The van der Waals surface area contributed by atoms with Gasteiger partial charge in [0.25, 0.3) is 10.0 Å². The lowest BCUT2D eigenvalue weighted by Crippen LogP contribution is -2.52. The van der Waals surface area contributed by atoms with Gasteiger partial charge in [-0.3, -0.25) is 14.0 Å². The van der Waals surface area contributed by atoms with Crippen LogP contribution in [0.4, 0.5) is 14.5 Å². The van der Waals surface area contributed by atoms with Crippen LogP contribution in [0.3, 0.4) is 0 Å². The van der Waals surface area contributed by atoms with Crippen molar-refractivity contribution in [1.82, 2.24) is 9.80 Å². The standard InChI is InChI=1S/C31H29F2N3O3S/c32-26-11-15-28(16-12-26)36(40(38,39)29-17-13-27(33)14-18-29)23-30(37)34-19-21-35(22-20-34)31(24-7-3-1-4-8-24)25-9-5-2-6-10-25/h1-18,31H,19-23H2. The summed E-state index contributed by atoms with van der Waals surface area (Å²) < 4.78 is 55.1. The van der Waals surface area contributed by atoms with Gasteiger partial charge in [-0.2, -0.15) is 0 Å². The Balaban J connectivity index is 1.34. The largest absolute Gasteiger partial charge is 0.339 e. The third-order valence-corrected chi connectivity index (χ3v) is 8.85. The molecule has 1 aliphatic heterocycles. The molecule has 5 rings (SSSR count). The molecular formula is C31H29F2N3O3S. The number of rotatable bonds is 8. The van der Waals surface area contributed by atoms with Crippen molar-refractivity contribution >= 4 is 21.6 Å². The van der Waals surface area contributed by atoms with Gasteiger partial charge >= 0.3 is 0 Å². The van der Waals surface area contributed by atoms with Crippen LogP contribution >= 0.6 is 0 Å². The molecule has 0 saturated carbocycles. The molecule has 1 heterocycles. The van der Waals surface area contributed by atoms with Crippen LogP contribution in [-0.4, -0.2) is 56.8 Å². The Labute approximate surface area is 233 Å². The van der Waals surface area contributed by atoms with E-state index >= 15 is 0 Å². The molecule has 206 valence electrons. The quantitative estimate of drug-likeness (QED) is 0.301. The highest BCUT2D eigenvalue weighted by Gasteiger charge is 2.32. The van der Waals surface area contributed by atoms with E-state index in [2.05, 4.69) is 29.2 Å². The van der Waals surface area contributed by atoms with Crippen molar-refractivity contribution in [2.75, 3.05) is 37.0 Å². The van der Waals surface area contributed by atoms with Crippen molar-refractivity contribution < 1.29 is 22.0 Å². The zero-order valence-electron chi connectivity index (χ0n) is 21.7. The zero-order valence-corrected chi connectivity index (χ0v) is 22.6. The fraction of sp³-hybridized carbons (Fsp3) is 0.194. The van der Waals surface area contributed by atoms with E-state index in [0.29, 0.717) is 26.2 Å². The predicted molar refractivity (Wildman–Crippen MR) is 150 cm³/mol. The smallest absolute Gasteiger partial charge is 0.264 e. The Morgan fingerprint density at radius 2 is 1.18 bits per heavy atom. The number of amides is 1. The number of nitrogens with zero attached hydrogens (tertiary/aromatic N) is 3. The first kappa shape index (κ1) is 27.5. The van der Waals surface area contributed by atoms with Crippen molar-refractivity contribution in [2.24, 2.45) is 0 Å². The molecule has 0 unspecified atom stereocenters. The Hall–Kier alpha value is -4.08. The molecule has 9 heteroatoms. The van der Waals surface area contributed by atoms with Crippen LogP contribution < -0.4 is 4.31 Å². The van der Waals surface area contributed by atoms with Crippen molar-refractivity contribution in [3.63, 3.8) is 0 Å². The highest BCUT2D eigenvalue weighted by atomic mass is 32.2. The lowest BCUT2D eigenvalue weighted by atomic mass is 9.96. The molecule has 1 amide bonds. The van der Waals surface area contributed by atoms with Gasteiger partial charge in [0.05, 0.1) is 16.6 Å². The summed E-state index contributed by atoms with van der Waals surface area (Å²) in [6, 6.07) is 29.7. The molecule has 0 aromatic heterocycles. The predicted octanol–water partition coefficient (Wildman–Crippen LogP) is 5.09. The van der Waals surface area contributed by atoms with Crippen LogP contribution in [-0.2, 0) is 14.8 Å². The van der Waals surface area contributed by atoms with Crippen molar-refractivity contribution in [3.8, 4) is 0 Å². The molecule has 1 fully saturated rings. The lowest BCUT2D eigenvalue weighted by Gasteiger charge is -2.40. The molecule has 4 aromatic rings. The van der Waals surface area contributed by atoms with Gasteiger partial charge in [-0.25, -0.2) is 17.2 Å². The average molecular weight is 562 g/mol. The fourth-order valence-corrected chi connectivity index (χ4v) is 6.41. The molecular weight excluding hydrogens is 532 g/mol. The van der Waals surface area contributed by atoms with Gasteiger partial charge in [-0.1, -0.05) is 60.7 Å². The first-order valence-electron chi connectivity index (χ1n) is 13.0. The van der Waals surface area contributed by atoms with Gasteiger partial charge in [0, 0.05) is 26.2 Å². The van der Waals surface area contributed by atoms with E-state index in [0.717, 1.165) is 51.8 Å². The third-order valence-electron chi connectivity index (χ3n) is 7.06. The molecule has 0 spiro atoms. The lowest BCUT2D eigenvalue weighted by molar-refractivity contribution is -0.131. The highest BCUT2D eigenvalue weighted by molar-refractivity contribution is 7.92. The summed E-state index contributed by atoms with van der Waals surface area (Å²) in [7, 11) is -4.23. The monoisotopic (exact) mass is 561 g/mol. The number of carbonyl (C=O) groups is 1. The molecule has 0 radical (unpaired) electrons. The van der Waals surface area contributed by atoms with E-state index in [1.807, 2.05) is 36.4 Å². The second-order valence-electron chi connectivity index (χ2n) is 9.58. The van der Waals surface area contributed by atoms with E-state index in [1.165, 1.54) is 12.1 Å². The van der Waals surface area contributed by atoms with Gasteiger partial charge in [-0.15, -0.1) is 0 Å². The number of anilines is 1. The normalized spacial score (nSPS) is 14.3. The van der Waals surface area contributed by atoms with Crippen LogP contribution in [0.15, 0.2) is 114 Å². The molecule has 0 N–H and O–H groups in total. The first-order chi connectivity index (χ1) is 19.3. The van der Waals surface area contributed by atoms with Crippen molar-refractivity contribution in [1.29, 1.82) is 0 Å². The van der Waals surface area contributed by atoms with Crippen LogP contribution in [0.2, 0.25) is 0 Å². The minimum atomic E-state index is -4.23. The second-order valence-corrected chi connectivity index (χ2v) is 11.4. The maximum Gasteiger partial charge on any atom is 0.264 e. The van der Waals surface area contributed by atoms with E-state index in [9.17, 15) is 22.0 Å². The molecule has 0 atom stereocenters. The third kappa shape index (κ3) is 6.05. The minimum Gasteiger partial charge on any atom is -0.339 e. The van der Waals surface area contributed by atoms with Crippen LogP contribution in [0.25, 0.3) is 0 Å². The summed E-state index contributed by atoms with van der Waals surface area (Å²) in [5.74, 6) is -1.48. The molecule has 4 aromatic carbocycles. The number of sulfonamides is 1. The fourth-order valence-electron chi connectivity index (χ4n) is 4.99. The number of carbonyl (C=O) groups excluding carboxylic acids is 1. The summed E-state index contributed by atoms with van der Waals surface area (Å²) in [5, 5.41) is 0. The van der Waals surface area contributed by atoms with E-state index in [1.54, 1.807) is 4.90 Å². The van der Waals surface area contributed by atoms with Crippen LogP contribution in [0, 0.1) is 11.6 Å². The number of piperazine rings is 1. The van der Waals surface area contributed by atoms with Gasteiger partial charge < -0.3 is 4.90 Å². The van der Waals surface area contributed by atoms with E-state index in [4.69, 9.17) is 0 Å². The van der Waals surface area contributed by atoms with E-state index < -0.39 is 28.2 Å². The Kier molecular flexibility index (Phi) is 8.23. The molecule has 40 heavy (non-hydrogen) atoms. The summed E-state index contributed by atoms with van der Waals surface area (Å²) in [5.41, 5.74) is 2.45. The molecule has 6 nitrogen and oxygen atoms in total. The SMILES string of the molecule is O=C(CN(c1ccc(F)cc1)S(=O)(=O)c1ccc(F)cc1)N1CCN(C(c2ccccc2)c2ccccc2)CC1. The Bertz CT molecular complexity index is 1490. The first-order valence-corrected chi connectivity index (χ1v) is 14.4. The second kappa shape index (κ2) is 12.0. The summed E-state index contributed by atoms with van der Waals surface area (Å²) in [6.07, 6.45) is 0. The van der Waals surface area contributed by atoms with Gasteiger partial charge in [0.15, 0.2) is 0 Å². The summed E-state index contributed by atoms with van der Waals surface area (Å²) in [4.78, 5) is 17.3. The number of halogens is 2. The maximum absolute atomic E-state index is 13.6. The van der Waals surface area contributed by atoms with Crippen molar-refractivity contribution in [2.45, 2.75) is 10.9 Å². The topological polar surface area (TPSA) is 60.9 Å². The van der Waals surface area contributed by atoms with Gasteiger partial charge in [0.1, 0.15) is 18.2 Å². The number of hydrogen-bond donors (Lipinski definition) is 0. The molecule has 0 aliphatic carbocycles. The van der Waals surface area contributed by atoms with E-state index in [-0.39, 0.29) is 22.5 Å². The van der Waals surface area contributed by atoms with Crippen LogP contribution in [0.5, 0.6) is 0 Å². The van der Waals surface area contributed by atoms with Crippen LogP contribution in [0.1, 0.15) is 17.2 Å². The maximum atomic E-state index is 13.6.